The van der Waals surface area contributed by atoms with Crippen LogP contribution in [0.25, 0.3) is 10.6 Å². The number of thiazole rings is 1. The van der Waals surface area contributed by atoms with Gasteiger partial charge in [0.15, 0.2) is 0 Å². The molecule has 2 heterocycles. The van der Waals surface area contributed by atoms with Crippen molar-refractivity contribution < 1.29 is 4.79 Å². The summed E-state index contributed by atoms with van der Waals surface area (Å²) >= 11 is 13.4. The van der Waals surface area contributed by atoms with Crippen LogP contribution < -0.4 is 5.32 Å². The first-order valence-corrected chi connectivity index (χ1v) is 9.09. The molecule has 1 fully saturated rings. The molecule has 1 unspecified atom stereocenters. The van der Waals surface area contributed by atoms with E-state index in [2.05, 4.69) is 10.3 Å². The van der Waals surface area contributed by atoms with Crippen molar-refractivity contribution in [2.24, 2.45) is 0 Å². The van der Waals surface area contributed by atoms with Crippen molar-refractivity contribution in [3.8, 4) is 10.6 Å². The maximum atomic E-state index is 12.6. The fourth-order valence-corrected chi connectivity index (χ4v) is 3.78. The number of piperidine rings is 1. The summed E-state index contributed by atoms with van der Waals surface area (Å²) in [5.41, 5.74) is 1.36. The van der Waals surface area contributed by atoms with Gasteiger partial charge in [-0.1, -0.05) is 29.3 Å². The molecule has 1 N–H and O–H groups in total. The van der Waals surface area contributed by atoms with E-state index >= 15 is 0 Å². The molecule has 1 aliphatic heterocycles. The molecule has 1 atom stereocenters. The van der Waals surface area contributed by atoms with Gasteiger partial charge in [0.2, 0.25) is 0 Å². The third-order valence-corrected chi connectivity index (χ3v) is 5.64. The first-order valence-electron chi connectivity index (χ1n) is 7.46. The number of nitrogens with one attached hydrogen (secondary N) is 1. The zero-order valence-corrected chi connectivity index (χ0v) is 16.2. The number of carbonyl (C=O) groups is 1. The molecule has 8 heteroatoms. The number of likely N-dealkylation sites (N-methyl/N-ethyl adjacent to an activating group) is 1. The number of benzene rings is 1. The van der Waals surface area contributed by atoms with Crippen molar-refractivity contribution in [3.05, 3.63) is 39.3 Å². The van der Waals surface area contributed by atoms with Gasteiger partial charge in [-0.25, -0.2) is 4.98 Å². The number of likely N-dealkylation sites (tertiary alicyclic amines) is 1. The summed E-state index contributed by atoms with van der Waals surface area (Å²) in [6.45, 7) is 1.52. The van der Waals surface area contributed by atoms with Crippen LogP contribution in [-0.2, 0) is 0 Å². The second kappa shape index (κ2) is 8.50. The van der Waals surface area contributed by atoms with Crippen LogP contribution in [0.15, 0.2) is 23.6 Å². The zero-order valence-electron chi connectivity index (χ0n) is 13.1. The van der Waals surface area contributed by atoms with Crippen LogP contribution >= 0.6 is 46.9 Å². The number of halogens is 3. The predicted molar refractivity (Wildman–Crippen MR) is 103 cm³/mol. The number of hydrogen-bond donors (Lipinski definition) is 1. The molecule has 0 radical (unpaired) electrons. The van der Waals surface area contributed by atoms with Gasteiger partial charge < -0.3 is 10.2 Å². The molecule has 24 heavy (non-hydrogen) atoms. The van der Waals surface area contributed by atoms with E-state index in [-0.39, 0.29) is 18.3 Å². The third-order valence-electron chi connectivity index (χ3n) is 4.01. The summed E-state index contributed by atoms with van der Waals surface area (Å²) in [6.07, 6.45) is 2.12. The van der Waals surface area contributed by atoms with Crippen LogP contribution in [-0.4, -0.2) is 42.0 Å². The van der Waals surface area contributed by atoms with Crippen molar-refractivity contribution in [2.75, 3.05) is 20.1 Å². The largest absolute Gasteiger partial charge is 0.336 e. The average molecular weight is 407 g/mol. The molecular weight excluding hydrogens is 389 g/mol. The van der Waals surface area contributed by atoms with Crippen molar-refractivity contribution in [3.63, 3.8) is 0 Å². The minimum absolute atomic E-state index is 0. The Labute approximate surface area is 161 Å². The highest BCUT2D eigenvalue weighted by molar-refractivity contribution is 7.13. The highest BCUT2D eigenvalue weighted by Gasteiger charge is 2.25. The molecule has 2 aromatic rings. The molecule has 1 amide bonds. The number of hydrogen-bond acceptors (Lipinski definition) is 4. The summed E-state index contributed by atoms with van der Waals surface area (Å²) in [7, 11) is 1.93. The van der Waals surface area contributed by atoms with E-state index in [0.717, 1.165) is 36.5 Å². The molecule has 1 saturated heterocycles. The maximum Gasteiger partial charge on any atom is 0.273 e. The standard InChI is InChI=1S/C16H17Cl2N3OS.ClH/c1-19-11-3-2-6-21(8-11)16(22)14-9-23-15(20-14)10-4-5-12(17)13(18)7-10;/h4-5,7,9,11,19H,2-3,6,8H2,1H3;1H. The molecule has 1 aromatic carbocycles. The Hall–Kier alpha value is -0.850. The van der Waals surface area contributed by atoms with E-state index in [1.807, 2.05) is 23.4 Å². The Morgan fingerprint density at radius 3 is 2.88 bits per heavy atom. The number of rotatable bonds is 3. The smallest absolute Gasteiger partial charge is 0.273 e. The minimum atomic E-state index is -0.00693. The molecule has 3 rings (SSSR count). The zero-order chi connectivity index (χ0) is 16.4. The van der Waals surface area contributed by atoms with Gasteiger partial charge in [0.25, 0.3) is 5.91 Å². The van der Waals surface area contributed by atoms with Gasteiger partial charge in [-0.05, 0) is 32.0 Å². The first kappa shape index (κ1) is 19.5. The van der Waals surface area contributed by atoms with Crippen LogP contribution in [0, 0.1) is 0 Å². The van der Waals surface area contributed by atoms with E-state index in [4.69, 9.17) is 23.2 Å². The van der Waals surface area contributed by atoms with E-state index in [9.17, 15) is 4.79 Å². The lowest BCUT2D eigenvalue weighted by Crippen LogP contribution is -2.47. The number of aromatic nitrogens is 1. The van der Waals surface area contributed by atoms with Crippen LogP contribution in [0.1, 0.15) is 23.3 Å². The van der Waals surface area contributed by atoms with Crippen molar-refractivity contribution >= 4 is 52.9 Å². The Morgan fingerprint density at radius 1 is 1.38 bits per heavy atom. The highest BCUT2D eigenvalue weighted by Crippen LogP contribution is 2.30. The second-order valence-corrected chi connectivity index (χ2v) is 7.22. The van der Waals surface area contributed by atoms with Crippen molar-refractivity contribution in [1.29, 1.82) is 0 Å². The molecule has 1 aliphatic rings. The van der Waals surface area contributed by atoms with Crippen LogP contribution in [0.2, 0.25) is 10.0 Å². The lowest BCUT2D eigenvalue weighted by molar-refractivity contribution is 0.0693. The Bertz CT molecular complexity index is 722. The molecule has 0 saturated carbocycles. The normalized spacial score (nSPS) is 17.5. The number of amides is 1. The monoisotopic (exact) mass is 405 g/mol. The van der Waals surface area contributed by atoms with Gasteiger partial charge in [-0.2, -0.15) is 0 Å². The van der Waals surface area contributed by atoms with E-state index in [1.165, 1.54) is 11.3 Å². The topological polar surface area (TPSA) is 45.2 Å². The molecule has 0 spiro atoms. The predicted octanol–water partition coefficient (Wildman–Crippen LogP) is 4.36. The van der Waals surface area contributed by atoms with Gasteiger partial charge in [-0.15, -0.1) is 23.7 Å². The quantitative estimate of drug-likeness (QED) is 0.823. The number of carbonyl (C=O) groups excluding carboxylic acids is 1. The molecule has 0 bridgehead atoms. The van der Waals surface area contributed by atoms with E-state index < -0.39 is 0 Å². The molecule has 0 aliphatic carbocycles. The number of nitrogens with zero attached hydrogens (tertiary/aromatic N) is 2. The SMILES string of the molecule is CNC1CCCN(C(=O)c2csc(-c3ccc(Cl)c(Cl)c3)n2)C1.Cl. The molecule has 130 valence electrons. The molecule has 4 nitrogen and oxygen atoms in total. The second-order valence-electron chi connectivity index (χ2n) is 5.55. The molecular formula is C16H18Cl3N3OS. The van der Waals surface area contributed by atoms with E-state index in [0.29, 0.717) is 21.8 Å². The summed E-state index contributed by atoms with van der Waals surface area (Å²) < 4.78 is 0. The van der Waals surface area contributed by atoms with E-state index in [1.54, 1.807) is 12.1 Å². The Morgan fingerprint density at radius 2 is 2.17 bits per heavy atom. The average Bonchev–Trinajstić information content (AvgIpc) is 3.06. The third kappa shape index (κ3) is 4.21. The lowest BCUT2D eigenvalue weighted by Gasteiger charge is -2.32. The van der Waals surface area contributed by atoms with Crippen LogP contribution in [0.3, 0.4) is 0 Å². The maximum absolute atomic E-state index is 12.6. The van der Waals surface area contributed by atoms with Crippen LogP contribution in [0.4, 0.5) is 0 Å². The Balaban J connectivity index is 0.00000208. The highest BCUT2D eigenvalue weighted by atomic mass is 35.5. The van der Waals surface area contributed by atoms with Crippen molar-refractivity contribution in [2.45, 2.75) is 18.9 Å². The van der Waals surface area contributed by atoms with Crippen molar-refractivity contribution in [1.82, 2.24) is 15.2 Å². The fraction of sp³-hybridized carbons (Fsp3) is 0.375. The fourth-order valence-electron chi connectivity index (χ4n) is 2.69. The van der Waals surface area contributed by atoms with Crippen LogP contribution in [0.5, 0.6) is 0 Å². The summed E-state index contributed by atoms with van der Waals surface area (Å²) in [6, 6.07) is 5.74. The van der Waals surface area contributed by atoms with Gasteiger partial charge in [-0.3, -0.25) is 4.79 Å². The van der Waals surface area contributed by atoms with Gasteiger partial charge in [0.05, 0.1) is 10.0 Å². The van der Waals surface area contributed by atoms with Gasteiger partial charge >= 0.3 is 0 Å². The minimum Gasteiger partial charge on any atom is -0.336 e. The Kier molecular flexibility index (Phi) is 6.89. The summed E-state index contributed by atoms with van der Waals surface area (Å²) in [5, 5.41) is 6.82. The first-order chi connectivity index (χ1) is 11.1. The lowest BCUT2D eigenvalue weighted by atomic mass is 10.1. The van der Waals surface area contributed by atoms with Gasteiger partial charge in [0, 0.05) is 30.1 Å². The summed E-state index contributed by atoms with van der Waals surface area (Å²) in [5.74, 6) is -0.00693. The van der Waals surface area contributed by atoms with Gasteiger partial charge in [0.1, 0.15) is 10.7 Å². The summed E-state index contributed by atoms with van der Waals surface area (Å²) in [4.78, 5) is 19.0. The molecule has 1 aromatic heterocycles.